The van der Waals surface area contributed by atoms with Gasteiger partial charge in [0.1, 0.15) is 6.29 Å². The fourth-order valence-corrected chi connectivity index (χ4v) is 1.86. The molecule has 1 rings (SSSR count). The van der Waals surface area contributed by atoms with Gasteiger partial charge >= 0.3 is 0 Å². The van der Waals surface area contributed by atoms with E-state index in [0.717, 1.165) is 25.5 Å². The Labute approximate surface area is 74.9 Å². The fourth-order valence-electron chi connectivity index (χ4n) is 1.86. The van der Waals surface area contributed by atoms with Gasteiger partial charge in [-0.2, -0.15) is 0 Å². The summed E-state index contributed by atoms with van der Waals surface area (Å²) in [5.74, 6) is 0. The second kappa shape index (κ2) is 2.72. The van der Waals surface area contributed by atoms with Crippen LogP contribution in [0.4, 0.5) is 0 Å². The Morgan fingerprint density at radius 2 is 2.08 bits per heavy atom. The molecular weight excluding hydrogens is 148 g/mol. The van der Waals surface area contributed by atoms with Crippen molar-refractivity contribution in [2.75, 3.05) is 0 Å². The summed E-state index contributed by atoms with van der Waals surface area (Å²) in [4.78, 5) is 10.9. The third-order valence-electron chi connectivity index (χ3n) is 3.27. The molecule has 68 valence electrons. The Morgan fingerprint density at radius 3 is 2.33 bits per heavy atom. The van der Waals surface area contributed by atoms with Gasteiger partial charge < -0.3 is 4.79 Å². The molecule has 0 spiro atoms. The first-order valence-corrected chi connectivity index (χ1v) is 4.60. The number of carbonyl (C=O) groups excluding carboxylic acids is 1. The summed E-state index contributed by atoms with van der Waals surface area (Å²) in [6, 6.07) is 0. The standard InChI is InChI=1S/C11H18O/c1-5-9(2)6-11(8-12)7-10(11,3)4/h8H,2,5-7H2,1,3-4H3. The molecule has 1 saturated carbocycles. The monoisotopic (exact) mass is 166 g/mol. The highest BCUT2D eigenvalue weighted by molar-refractivity contribution is 5.67. The van der Waals surface area contributed by atoms with Crippen LogP contribution in [0.3, 0.4) is 0 Å². The Hall–Kier alpha value is -0.590. The molecule has 0 heterocycles. The second-order valence-electron chi connectivity index (χ2n) is 4.61. The molecule has 1 aliphatic carbocycles. The van der Waals surface area contributed by atoms with E-state index in [0.29, 0.717) is 0 Å². The lowest BCUT2D eigenvalue weighted by Gasteiger charge is -2.13. The van der Waals surface area contributed by atoms with Crippen LogP contribution in [-0.2, 0) is 4.79 Å². The van der Waals surface area contributed by atoms with Gasteiger partial charge in [-0.15, -0.1) is 0 Å². The first-order valence-electron chi connectivity index (χ1n) is 4.60. The highest BCUT2D eigenvalue weighted by atomic mass is 16.1. The van der Waals surface area contributed by atoms with Crippen LogP contribution in [-0.4, -0.2) is 6.29 Å². The molecule has 0 aromatic rings. The molecule has 1 heteroatoms. The minimum atomic E-state index is -0.0694. The predicted octanol–water partition coefficient (Wildman–Crippen LogP) is 2.96. The molecule has 1 nitrogen and oxygen atoms in total. The molecule has 1 atom stereocenters. The Balaban J connectivity index is 2.62. The largest absolute Gasteiger partial charge is 0.303 e. The maximum absolute atomic E-state index is 10.9. The minimum Gasteiger partial charge on any atom is -0.303 e. The fraction of sp³-hybridized carbons (Fsp3) is 0.727. The number of allylic oxidation sites excluding steroid dienone is 1. The first kappa shape index (κ1) is 9.50. The molecule has 0 aromatic carbocycles. The van der Waals surface area contributed by atoms with Crippen molar-refractivity contribution in [2.24, 2.45) is 10.8 Å². The van der Waals surface area contributed by atoms with Gasteiger partial charge in [-0.05, 0) is 24.7 Å². The highest BCUT2D eigenvalue weighted by Gasteiger charge is 2.60. The first-order chi connectivity index (χ1) is 5.47. The van der Waals surface area contributed by atoms with Crippen LogP contribution >= 0.6 is 0 Å². The van der Waals surface area contributed by atoms with Crippen molar-refractivity contribution in [3.63, 3.8) is 0 Å². The number of hydrogen-bond donors (Lipinski definition) is 0. The van der Waals surface area contributed by atoms with E-state index in [9.17, 15) is 4.79 Å². The summed E-state index contributed by atoms with van der Waals surface area (Å²) in [5.41, 5.74) is 1.35. The normalized spacial score (nSPS) is 31.2. The minimum absolute atomic E-state index is 0.0694. The van der Waals surface area contributed by atoms with E-state index in [1.807, 2.05) is 0 Å². The third kappa shape index (κ3) is 1.33. The molecule has 0 N–H and O–H groups in total. The molecule has 0 aromatic heterocycles. The van der Waals surface area contributed by atoms with Gasteiger partial charge in [-0.25, -0.2) is 0 Å². The van der Waals surface area contributed by atoms with Gasteiger partial charge in [0, 0.05) is 5.41 Å². The van der Waals surface area contributed by atoms with Gasteiger partial charge in [0.25, 0.3) is 0 Å². The summed E-state index contributed by atoms with van der Waals surface area (Å²) in [5, 5.41) is 0. The van der Waals surface area contributed by atoms with E-state index in [1.54, 1.807) is 0 Å². The van der Waals surface area contributed by atoms with Crippen molar-refractivity contribution in [3.8, 4) is 0 Å². The Kier molecular flexibility index (Phi) is 2.15. The SMILES string of the molecule is C=C(CC)CC1(C=O)CC1(C)C. The summed E-state index contributed by atoms with van der Waals surface area (Å²) in [6.07, 6.45) is 4.04. The lowest BCUT2D eigenvalue weighted by atomic mass is 9.90. The van der Waals surface area contributed by atoms with E-state index >= 15 is 0 Å². The summed E-state index contributed by atoms with van der Waals surface area (Å²) in [6.45, 7) is 10.4. The smallest absolute Gasteiger partial charge is 0.127 e. The van der Waals surface area contributed by atoms with Crippen molar-refractivity contribution in [1.82, 2.24) is 0 Å². The lowest BCUT2D eigenvalue weighted by Crippen LogP contribution is -2.11. The van der Waals surface area contributed by atoms with Crippen LogP contribution in [0.2, 0.25) is 0 Å². The van der Waals surface area contributed by atoms with Crippen molar-refractivity contribution in [1.29, 1.82) is 0 Å². The average molecular weight is 166 g/mol. The zero-order valence-corrected chi connectivity index (χ0v) is 8.31. The van der Waals surface area contributed by atoms with E-state index < -0.39 is 0 Å². The molecule has 0 saturated heterocycles. The number of rotatable bonds is 4. The summed E-state index contributed by atoms with van der Waals surface area (Å²) in [7, 11) is 0. The van der Waals surface area contributed by atoms with Crippen molar-refractivity contribution in [2.45, 2.75) is 40.0 Å². The highest BCUT2D eigenvalue weighted by Crippen LogP contribution is 2.65. The van der Waals surface area contributed by atoms with Crippen LogP contribution in [0.25, 0.3) is 0 Å². The zero-order chi connectivity index (χ0) is 9.41. The van der Waals surface area contributed by atoms with E-state index in [2.05, 4.69) is 27.4 Å². The lowest BCUT2D eigenvalue weighted by molar-refractivity contribution is -0.113. The number of carbonyl (C=O) groups is 1. The van der Waals surface area contributed by atoms with E-state index in [4.69, 9.17) is 0 Å². The van der Waals surface area contributed by atoms with Crippen LogP contribution in [0.5, 0.6) is 0 Å². The van der Waals surface area contributed by atoms with Gasteiger partial charge in [0.05, 0.1) is 0 Å². The maximum Gasteiger partial charge on any atom is 0.127 e. The molecule has 12 heavy (non-hydrogen) atoms. The van der Waals surface area contributed by atoms with Gasteiger partial charge in [0.15, 0.2) is 0 Å². The number of aldehydes is 1. The van der Waals surface area contributed by atoms with Crippen LogP contribution in [0.1, 0.15) is 40.0 Å². The van der Waals surface area contributed by atoms with Crippen LogP contribution in [0, 0.1) is 10.8 Å². The average Bonchev–Trinajstić information content (AvgIpc) is 2.54. The zero-order valence-electron chi connectivity index (χ0n) is 8.31. The third-order valence-corrected chi connectivity index (χ3v) is 3.27. The molecule has 0 bridgehead atoms. The molecule has 1 fully saturated rings. The van der Waals surface area contributed by atoms with Gasteiger partial charge in [-0.1, -0.05) is 32.9 Å². The predicted molar refractivity (Wildman–Crippen MR) is 50.9 cm³/mol. The van der Waals surface area contributed by atoms with E-state index in [1.165, 1.54) is 5.57 Å². The molecule has 0 amide bonds. The second-order valence-corrected chi connectivity index (χ2v) is 4.61. The van der Waals surface area contributed by atoms with Crippen LogP contribution < -0.4 is 0 Å². The molecule has 0 aliphatic heterocycles. The van der Waals surface area contributed by atoms with Crippen molar-refractivity contribution < 1.29 is 4.79 Å². The Bertz CT molecular complexity index is 215. The summed E-state index contributed by atoms with van der Waals surface area (Å²) >= 11 is 0. The van der Waals surface area contributed by atoms with Crippen molar-refractivity contribution in [3.05, 3.63) is 12.2 Å². The number of hydrogen-bond acceptors (Lipinski definition) is 1. The van der Waals surface area contributed by atoms with E-state index in [-0.39, 0.29) is 10.8 Å². The Morgan fingerprint density at radius 1 is 1.58 bits per heavy atom. The molecule has 1 aliphatic rings. The molecule has 0 radical (unpaired) electrons. The maximum atomic E-state index is 10.9. The van der Waals surface area contributed by atoms with Crippen LogP contribution in [0.15, 0.2) is 12.2 Å². The molecular formula is C11H18O. The van der Waals surface area contributed by atoms with Gasteiger partial charge in [-0.3, -0.25) is 0 Å². The summed E-state index contributed by atoms with van der Waals surface area (Å²) < 4.78 is 0. The topological polar surface area (TPSA) is 17.1 Å². The van der Waals surface area contributed by atoms with Gasteiger partial charge in [0.2, 0.25) is 0 Å². The quantitative estimate of drug-likeness (QED) is 0.463. The van der Waals surface area contributed by atoms with Crippen molar-refractivity contribution >= 4 is 6.29 Å². The molecule has 1 unspecified atom stereocenters.